The topological polar surface area (TPSA) is 97.7 Å². The molecule has 0 aliphatic rings. The van der Waals surface area contributed by atoms with Crippen molar-refractivity contribution in [3.63, 3.8) is 0 Å². The lowest BCUT2D eigenvalue weighted by atomic mass is 10.2. The first-order chi connectivity index (χ1) is 6.71. The third-order valence-electron chi connectivity index (χ3n) is 1.49. The van der Waals surface area contributed by atoms with Gasteiger partial charge in [-0.15, -0.1) is 3.63 Å². The van der Waals surface area contributed by atoms with Crippen molar-refractivity contribution in [1.82, 2.24) is 0 Å². The Labute approximate surface area is 87.6 Å². The number of hydrogen-bond acceptors (Lipinski definition) is 5. The summed E-state index contributed by atoms with van der Waals surface area (Å²) in [7, 11) is -9.50. The van der Waals surface area contributed by atoms with Crippen LogP contribution in [0.1, 0.15) is 5.56 Å². The quantitative estimate of drug-likeness (QED) is 0.787. The van der Waals surface area contributed by atoms with Gasteiger partial charge in [-0.25, -0.2) is 0 Å². The molecule has 0 heterocycles. The second-order valence-electron chi connectivity index (χ2n) is 2.76. The fourth-order valence-electron chi connectivity index (χ4n) is 0.857. The summed E-state index contributed by atoms with van der Waals surface area (Å²) in [5.74, 6) is 0. The molecule has 84 valence electrons. The number of hydrogen-bond donors (Lipinski definition) is 1. The molecule has 1 aromatic carbocycles. The van der Waals surface area contributed by atoms with Crippen molar-refractivity contribution in [2.45, 2.75) is 11.8 Å². The molecule has 0 bridgehead atoms. The van der Waals surface area contributed by atoms with Gasteiger partial charge in [-0.3, -0.25) is 4.55 Å². The van der Waals surface area contributed by atoms with Gasteiger partial charge in [0.25, 0.3) is 0 Å². The highest BCUT2D eigenvalue weighted by Crippen LogP contribution is 2.14. The summed E-state index contributed by atoms with van der Waals surface area (Å²) in [4.78, 5) is -0.342. The van der Waals surface area contributed by atoms with Crippen molar-refractivity contribution < 1.29 is 25.0 Å². The van der Waals surface area contributed by atoms with E-state index in [0.717, 1.165) is 5.56 Å². The van der Waals surface area contributed by atoms with E-state index < -0.39 is 20.5 Å². The molecule has 6 nitrogen and oxygen atoms in total. The summed E-state index contributed by atoms with van der Waals surface area (Å²) in [6.45, 7) is 1.74. The predicted octanol–water partition coefficient (Wildman–Crippen LogP) is 0.503. The Bertz CT molecular complexity index is 540. The van der Waals surface area contributed by atoms with Crippen LogP contribution < -0.4 is 0 Å². The Kier molecular flexibility index (Phi) is 3.14. The number of aryl methyl sites for hydroxylation is 1. The Balaban J connectivity index is 3.13. The Morgan fingerprint density at radius 1 is 1.07 bits per heavy atom. The molecular formula is C7H8O6S2. The summed E-state index contributed by atoms with van der Waals surface area (Å²) >= 11 is 0. The molecule has 0 atom stereocenters. The molecule has 0 spiro atoms. The van der Waals surface area contributed by atoms with E-state index in [4.69, 9.17) is 4.55 Å². The molecule has 8 heteroatoms. The Morgan fingerprint density at radius 2 is 1.53 bits per heavy atom. The van der Waals surface area contributed by atoms with Crippen LogP contribution in [0.15, 0.2) is 29.2 Å². The van der Waals surface area contributed by atoms with E-state index in [9.17, 15) is 16.8 Å². The molecule has 0 radical (unpaired) electrons. The molecular weight excluding hydrogens is 244 g/mol. The average molecular weight is 252 g/mol. The fourth-order valence-corrected chi connectivity index (χ4v) is 2.55. The highest BCUT2D eigenvalue weighted by molar-refractivity contribution is 7.97. The SMILES string of the molecule is Cc1ccc(S(=O)(=O)OS(=O)(=O)O)cc1. The van der Waals surface area contributed by atoms with Crippen LogP contribution in [0.2, 0.25) is 0 Å². The molecule has 0 amide bonds. The molecule has 0 unspecified atom stereocenters. The summed E-state index contributed by atoms with van der Waals surface area (Å²) in [5.41, 5.74) is 0.806. The van der Waals surface area contributed by atoms with Crippen molar-refractivity contribution in [3.05, 3.63) is 29.8 Å². The number of rotatable bonds is 3. The van der Waals surface area contributed by atoms with Crippen molar-refractivity contribution in [3.8, 4) is 0 Å². The van der Waals surface area contributed by atoms with Gasteiger partial charge in [-0.2, -0.15) is 16.8 Å². The van der Waals surface area contributed by atoms with Crippen molar-refractivity contribution in [2.75, 3.05) is 0 Å². The largest absolute Gasteiger partial charge is 0.412 e. The van der Waals surface area contributed by atoms with Crippen LogP contribution in [0.5, 0.6) is 0 Å². The zero-order valence-electron chi connectivity index (χ0n) is 7.61. The third-order valence-corrected chi connectivity index (χ3v) is 3.74. The predicted molar refractivity (Wildman–Crippen MR) is 51.0 cm³/mol. The van der Waals surface area contributed by atoms with Crippen molar-refractivity contribution in [2.24, 2.45) is 0 Å². The molecule has 1 N–H and O–H groups in total. The van der Waals surface area contributed by atoms with Crippen LogP contribution >= 0.6 is 0 Å². The lowest BCUT2D eigenvalue weighted by molar-refractivity contribution is 0.383. The summed E-state index contributed by atoms with van der Waals surface area (Å²) in [6, 6.07) is 5.30. The zero-order chi connectivity index (χ0) is 11.7. The van der Waals surface area contributed by atoms with Gasteiger partial charge < -0.3 is 0 Å². The minimum atomic E-state index is -5.03. The van der Waals surface area contributed by atoms with Crippen LogP contribution in [0.3, 0.4) is 0 Å². The van der Waals surface area contributed by atoms with E-state index in [-0.39, 0.29) is 4.90 Å². The van der Waals surface area contributed by atoms with Gasteiger partial charge in [-0.05, 0) is 19.1 Å². The van der Waals surface area contributed by atoms with Gasteiger partial charge in [0.2, 0.25) is 0 Å². The van der Waals surface area contributed by atoms with Crippen molar-refractivity contribution in [1.29, 1.82) is 0 Å². The molecule has 1 aromatic rings. The molecule has 0 aliphatic carbocycles. The first-order valence-corrected chi connectivity index (χ1v) is 6.48. The first-order valence-electron chi connectivity index (χ1n) is 3.71. The molecule has 0 saturated carbocycles. The molecule has 1 rings (SSSR count). The second kappa shape index (κ2) is 3.89. The number of benzene rings is 1. The van der Waals surface area contributed by atoms with Crippen LogP contribution in [-0.2, 0) is 24.1 Å². The second-order valence-corrected chi connectivity index (χ2v) is 5.54. The smallest absolute Gasteiger partial charge is 0.263 e. The maximum absolute atomic E-state index is 11.2. The molecule has 0 aromatic heterocycles. The third kappa shape index (κ3) is 3.59. The van der Waals surface area contributed by atoms with Crippen molar-refractivity contribution >= 4 is 20.5 Å². The van der Waals surface area contributed by atoms with E-state index in [1.165, 1.54) is 24.3 Å². The van der Waals surface area contributed by atoms with Crippen LogP contribution in [-0.4, -0.2) is 21.4 Å². The van der Waals surface area contributed by atoms with Gasteiger partial charge in [-0.1, -0.05) is 17.7 Å². The minimum absolute atomic E-state index is 0.342. The van der Waals surface area contributed by atoms with E-state index in [2.05, 4.69) is 3.63 Å². The lowest BCUT2D eigenvalue weighted by Crippen LogP contribution is -2.12. The Hall–Kier alpha value is -0.960. The maximum Gasteiger partial charge on any atom is 0.412 e. The summed E-state index contributed by atoms with van der Waals surface area (Å²) in [6.07, 6.45) is 0. The highest BCUT2D eigenvalue weighted by atomic mass is 32.3. The van der Waals surface area contributed by atoms with Crippen LogP contribution in [0, 0.1) is 6.92 Å². The molecule has 15 heavy (non-hydrogen) atoms. The van der Waals surface area contributed by atoms with E-state index in [1.807, 2.05) is 0 Å². The van der Waals surface area contributed by atoms with Crippen LogP contribution in [0.25, 0.3) is 0 Å². The first kappa shape index (κ1) is 12.1. The molecule has 0 fully saturated rings. The minimum Gasteiger partial charge on any atom is -0.263 e. The monoisotopic (exact) mass is 252 g/mol. The molecule has 0 saturated heterocycles. The lowest BCUT2D eigenvalue weighted by Gasteiger charge is -2.01. The average Bonchev–Trinajstić information content (AvgIpc) is 2.00. The maximum atomic E-state index is 11.2. The van der Waals surface area contributed by atoms with Gasteiger partial charge in [0.1, 0.15) is 0 Å². The summed E-state index contributed by atoms with van der Waals surface area (Å²) in [5, 5.41) is 0. The Morgan fingerprint density at radius 3 is 1.93 bits per heavy atom. The van der Waals surface area contributed by atoms with E-state index >= 15 is 0 Å². The van der Waals surface area contributed by atoms with E-state index in [1.54, 1.807) is 6.92 Å². The highest BCUT2D eigenvalue weighted by Gasteiger charge is 2.22. The molecule has 0 aliphatic heterocycles. The fraction of sp³-hybridized carbons (Fsp3) is 0.143. The normalized spacial score (nSPS) is 12.7. The van der Waals surface area contributed by atoms with Crippen LogP contribution in [0.4, 0.5) is 0 Å². The summed E-state index contributed by atoms with van der Waals surface area (Å²) < 4.78 is 54.7. The van der Waals surface area contributed by atoms with Gasteiger partial charge in [0.05, 0.1) is 4.90 Å². The van der Waals surface area contributed by atoms with Gasteiger partial charge in [0.15, 0.2) is 0 Å². The van der Waals surface area contributed by atoms with Gasteiger partial charge >= 0.3 is 20.5 Å². The van der Waals surface area contributed by atoms with Gasteiger partial charge in [0, 0.05) is 0 Å². The zero-order valence-corrected chi connectivity index (χ0v) is 9.25. The van der Waals surface area contributed by atoms with E-state index in [0.29, 0.717) is 0 Å². The standard InChI is InChI=1S/C7H8O6S2/c1-6-2-4-7(5-3-6)14(8,9)13-15(10,11)12/h2-5H,1H3,(H,10,11,12).